The molecule has 1 aromatic carbocycles. The highest BCUT2D eigenvalue weighted by Gasteiger charge is 2.06. The van der Waals surface area contributed by atoms with Crippen LogP contribution >= 0.6 is 34.8 Å². The van der Waals surface area contributed by atoms with Gasteiger partial charge in [-0.05, 0) is 12.1 Å². The average molecular weight is 241 g/mol. The number of halogens is 3. The summed E-state index contributed by atoms with van der Waals surface area (Å²) in [6, 6.07) is 3.18. The molecule has 0 saturated heterocycles. The van der Waals surface area contributed by atoms with Gasteiger partial charge in [-0.25, -0.2) is 0 Å². The van der Waals surface area contributed by atoms with Gasteiger partial charge in [-0.2, -0.15) is 0 Å². The molecule has 0 spiro atoms. The number of aliphatic hydroxyl groups is 1. The van der Waals surface area contributed by atoms with E-state index in [1.54, 1.807) is 12.1 Å². The largest absolute Gasteiger partial charge is 0.395 e. The van der Waals surface area contributed by atoms with Crippen LogP contribution in [0.15, 0.2) is 12.1 Å². The van der Waals surface area contributed by atoms with Crippen molar-refractivity contribution in [1.82, 2.24) is 0 Å². The molecule has 2 N–H and O–H groups in total. The van der Waals surface area contributed by atoms with Gasteiger partial charge in [-0.15, -0.1) is 0 Å². The maximum atomic E-state index is 8.59. The normalized spacial score (nSPS) is 10.2. The SMILES string of the molecule is OCCNc1c(Cl)cc(Cl)cc1Cl. The van der Waals surface area contributed by atoms with Gasteiger partial charge in [-0.1, -0.05) is 34.8 Å². The highest BCUT2D eigenvalue weighted by molar-refractivity contribution is 6.41. The van der Waals surface area contributed by atoms with Crippen LogP contribution in [0.2, 0.25) is 15.1 Å². The first-order chi connectivity index (χ1) is 6.15. The van der Waals surface area contributed by atoms with E-state index in [2.05, 4.69) is 5.32 Å². The van der Waals surface area contributed by atoms with Crippen molar-refractivity contribution in [2.45, 2.75) is 0 Å². The van der Waals surface area contributed by atoms with Gasteiger partial charge in [0.1, 0.15) is 0 Å². The van der Waals surface area contributed by atoms with Crippen LogP contribution < -0.4 is 5.32 Å². The van der Waals surface area contributed by atoms with Crippen LogP contribution in [0.25, 0.3) is 0 Å². The Balaban J connectivity index is 2.92. The molecule has 0 bridgehead atoms. The predicted molar refractivity (Wildman–Crippen MR) is 57.0 cm³/mol. The molecule has 0 heterocycles. The number of hydrogen-bond donors (Lipinski definition) is 2. The molecule has 72 valence electrons. The van der Waals surface area contributed by atoms with Gasteiger partial charge in [0.05, 0.1) is 22.3 Å². The second-order valence-corrected chi connectivity index (χ2v) is 3.65. The molecule has 0 aliphatic heterocycles. The Morgan fingerprint density at radius 3 is 2.15 bits per heavy atom. The number of benzene rings is 1. The number of rotatable bonds is 3. The van der Waals surface area contributed by atoms with E-state index in [1.807, 2.05) is 0 Å². The Morgan fingerprint density at radius 2 is 1.69 bits per heavy atom. The molecule has 0 aromatic heterocycles. The minimum Gasteiger partial charge on any atom is -0.395 e. The summed E-state index contributed by atoms with van der Waals surface area (Å²) in [5.74, 6) is 0. The minimum absolute atomic E-state index is 0.0231. The topological polar surface area (TPSA) is 32.3 Å². The summed E-state index contributed by atoms with van der Waals surface area (Å²) in [5, 5.41) is 12.9. The zero-order valence-electron chi connectivity index (χ0n) is 6.65. The second-order valence-electron chi connectivity index (χ2n) is 2.39. The maximum absolute atomic E-state index is 8.59. The zero-order valence-corrected chi connectivity index (χ0v) is 8.92. The van der Waals surface area contributed by atoms with Crippen molar-refractivity contribution >= 4 is 40.5 Å². The number of anilines is 1. The third-order valence-electron chi connectivity index (χ3n) is 1.42. The van der Waals surface area contributed by atoms with Gasteiger partial charge >= 0.3 is 0 Å². The van der Waals surface area contributed by atoms with E-state index in [9.17, 15) is 0 Å². The first kappa shape index (κ1) is 10.9. The lowest BCUT2D eigenvalue weighted by Crippen LogP contribution is -2.06. The maximum Gasteiger partial charge on any atom is 0.0720 e. The number of hydrogen-bond acceptors (Lipinski definition) is 2. The lowest BCUT2D eigenvalue weighted by atomic mass is 10.3. The molecule has 2 nitrogen and oxygen atoms in total. The fourth-order valence-corrected chi connectivity index (χ4v) is 1.84. The van der Waals surface area contributed by atoms with Crippen molar-refractivity contribution in [3.63, 3.8) is 0 Å². The molecular weight excluding hydrogens is 232 g/mol. The van der Waals surface area contributed by atoms with E-state index >= 15 is 0 Å². The summed E-state index contributed by atoms with van der Waals surface area (Å²) in [6.45, 7) is 0.427. The Kier molecular flexibility index (Phi) is 4.13. The van der Waals surface area contributed by atoms with Crippen LogP contribution in [-0.2, 0) is 0 Å². The van der Waals surface area contributed by atoms with Gasteiger partial charge < -0.3 is 10.4 Å². The van der Waals surface area contributed by atoms with Crippen molar-refractivity contribution in [3.8, 4) is 0 Å². The highest BCUT2D eigenvalue weighted by Crippen LogP contribution is 2.33. The molecule has 0 atom stereocenters. The molecule has 0 amide bonds. The smallest absolute Gasteiger partial charge is 0.0720 e. The van der Waals surface area contributed by atoms with Crippen LogP contribution in [0.1, 0.15) is 0 Å². The van der Waals surface area contributed by atoms with E-state index in [-0.39, 0.29) is 6.61 Å². The van der Waals surface area contributed by atoms with Gasteiger partial charge in [0.15, 0.2) is 0 Å². The van der Waals surface area contributed by atoms with E-state index < -0.39 is 0 Å². The van der Waals surface area contributed by atoms with Gasteiger partial charge in [0.2, 0.25) is 0 Å². The molecular formula is C8H8Cl3NO. The van der Waals surface area contributed by atoms with Crippen LogP contribution in [0.3, 0.4) is 0 Å². The number of aliphatic hydroxyl groups excluding tert-OH is 1. The molecule has 5 heteroatoms. The van der Waals surface area contributed by atoms with E-state index in [4.69, 9.17) is 39.9 Å². The lowest BCUT2D eigenvalue weighted by molar-refractivity contribution is 0.311. The van der Waals surface area contributed by atoms with Crippen molar-refractivity contribution in [2.24, 2.45) is 0 Å². The summed E-state index contributed by atoms with van der Waals surface area (Å²) in [7, 11) is 0. The van der Waals surface area contributed by atoms with Crippen LogP contribution in [0.4, 0.5) is 5.69 Å². The standard InChI is InChI=1S/C8H8Cl3NO/c9-5-3-6(10)8(7(11)4-5)12-1-2-13/h3-4,12-13H,1-2H2. The molecule has 1 rings (SSSR count). The molecule has 0 fully saturated rings. The Morgan fingerprint density at radius 1 is 1.15 bits per heavy atom. The summed E-state index contributed by atoms with van der Waals surface area (Å²) in [6.07, 6.45) is 0. The minimum atomic E-state index is 0.0231. The molecule has 1 aromatic rings. The molecule has 0 aliphatic rings. The van der Waals surface area contributed by atoms with Gasteiger partial charge in [0, 0.05) is 11.6 Å². The fourth-order valence-electron chi connectivity index (χ4n) is 0.892. The van der Waals surface area contributed by atoms with E-state index in [1.165, 1.54) is 0 Å². The monoisotopic (exact) mass is 239 g/mol. The van der Waals surface area contributed by atoms with Crippen LogP contribution in [-0.4, -0.2) is 18.3 Å². The summed E-state index contributed by atoms with van der Waals surface area (Å²) in [5.41, 5.74) is 0.599. The average Bonchev–Trinajstić information content (AvgIpc) is 2.02. The summed E-state index contributed by atoms with van der Waals surface area (Å²) < 4.78 is 0. The van der Waals surface area contributed by atoms with Gasteiger partial charge in [-0.3, -0.25) is 0 Å². The lowest BCUT2D eigenvalue weighted by Gasteiger charge is -2.09. The van der Waals surface area contributed by atoms with Crippen molar-refractivity contribution in [3.05, 3.63) is 27.2 Å². The van der Waals surface area contributed by atoms with Crippen LogP contribution in [0, 0.1) is 0 Å². The van der Waals surface area contributed by atoms with Gasteiger partial charge in [0.25, 0.3) is 0 Å². The fraction of sp³-hybridized carbons (Fsp3) is 0.250. The summed E-state index contributed by atoms with van der Waals surface area (Å²) in [4.78, 5) is 0. The third-order valence-corrected chi connectivity index (χ3v) is 2.23. The molecule has 0 saturated carbocycles. The summed E-state index contributed by atoms with van der Waals surface area (Å²) >= 11 is 17.4. The Bertz CT molecular complexity index is 280. The van der Waals surface area contributed by atoms with Crippen molar-refractivity contribution < 1.29 is 5.11 Å². The molecule has 0 radical (unpaired) electrons. The molecule has 13 heavy (non-hydrogen) atoms. The number of nitrogens with one attached hydrogen (secondary N) is 1. The second kappa shape index (κ2) is 4.91. The highest BCUT2D eigenvalue weighted by atomic mass is 35.5. The Labute approximate surface area is 91.4 Å². The van der Waals surface area contributed by atoms with Crippen molar-refractivity contribution in [1.29, 1.82) is 0 Å². The van der Waals surface area contributed by atoms with E-state index in [0.717, 1.165) is 0 Å². The third kappa shape index (κ3) is 2.92. The predicted octanol–water partition coefficient (Wildman–Crippen LogP) is 3.05. The molecule has 0 unspecified atom stereocenters. The first-order valence-corrected chi connectivity index (χ1v) is 4.78. The zero-order chi connectivity index (χ0) is 9.84. The van der Waals surface area contributed by atoms with Crippen molar-refractivity contribution in [2.75, 3.05) is 18.5 Å². The van der Waals surface area contributed by atoms with E-state index in [0.29, 0.717) is 27.3 Å². The molecule has 0 aliphatic carbocycles. The quantitative estimate of drug-likeness (QED) is 0.851. The first-order valence-electron chi connectivity index (χ1n) is 3.64. The van der Waals surface area contributed by atoms with Crippen LogP contribution in [0.5, 0.6) is 0 Å². The Hall–Kier alpha value is -0.150.